The Bertz CT molecular complexity index is 1550. The molecular formula is C30H29F2N3O5. The van der Waals surface area contributed by atoms with Gasteiger partial charge in [-0.05, 0) is 49.3 Å². The molecule has 0 aliphatic heterocycles. The summed E-state index contributed by atoms with van der Waals surface area (Å²) in [6.07, 6.45) is 1.45. The molecule has 8 nitrogen and oxygen atoms in total. The quantitative estimate of drug-likeness (QED) is 0.296. The lowest BCUT2D eigenvalue weighted by Crippen LogP contribution is -2.43. The van der Waals surface area contributed by atoms with Crippen LogP contribution in [0.5, 0.6) is 11.5 Å². The molecule has 10 heteroatoms. The van der Waals surface area contributed by atoms with Crippen LogP contribution in [-0.4, -0.2) is 61.2 Å². The molecule has 208 valence electrons. The number of aromatic nitrogens is 1. The summed E-state index contributed by atoms with van der Waals surface area (Å²) in [6, 6.07) is 12.4. The number of aliphatic carboxylic acids is 1. The molecule has 0 radical (unpaired) electrons. The number of nitrogens with one attached hydrogen (secondary N) is 1. The van der Waals surface area contributed by atoms with E-state index in [9.17, 15) is 23.5 Å². The maximum absolute atomic E-state index is 14.1. The summed E-state index contributed by atoms with van der Waals surface area (Å²) in [7, 11) is 7.03. The van der Waals surface area contributed by atoms with Gasteiger partial charge in [0, 0.05) is 30.1 Å². The zero-order chi connectivity index (χ0) is 29.0. The minimum Gasteiger partial charge on any atom is -0.496 e. The first-order chi connectivity index (χ1) is 19.2. The van der Waals surface area contributed by atoms with E-state index in [0.717, 1.165) is 23.8 Å². The summed E-state index contributed by atoms with van der Waals surface area (Å²) in [6.45, 7) is 0.610. The number of carbonyl (C=O) groups excluding carboxylic acids is 1. The Balaban J connectivity index is 1.78. The van der Waals surface area contributed by atoms with E-state index in [-0.39, 0.29) is 6.42 Å². The van der Waals surface area contributed by atoms with Crippen molar-refractivity contribution in [1.29, 1.82) is 0 Å². The summed E-state index contributed by atoms with van der Waals surface area (Å²) >= 11 is 0. The molecule has 0 spiro atoms. The summed E-state index contributed by atoms with van der Waals surface area (Å²) in [5.41, 5.74) is 1.88. The van der Waals surface area contributed by atoms with E-state index in [1.807, 2.05) is 37.2 Å². The third-order valence-corrected chi connectivity index (χ3v) is 6.46. The topological polar surface area (TPSA) is 101 Å². The molecule has 4 aromatic rings. The van der Waals surface area contributed by atoms with Gasteiger partial charge in [-0.25, -0.2) is 13.6 Å². The first kappa shape index (κ1) is 28.4. The van der Waals surface area contributed by atoms with Crippen molar-refractivity contribution in [1.82, 2.24) is 15.2 Å². The number of benzene rings is 3. The van der Waals surface area contributed by atoms with Crippen molar-refractivity contribution < 1.29 is 33.0 Å². The van der Waals surface area contributed by atoms with Gasteiger partial charge >= 0.3 is 5.97 Å². The Kier molecular flexibility index (Phi) is 8.59. The van der Waals surface area contributed by atoms with Gasteiger partial charge in [0.15, 0.2) is 0 Å². The lowest BCUT2D eigenvalue weighted by Gasteiger charge is -2.20. The zero-order valence-electron chi connectivity index (χ0n) is 22.5. The average Bonchev–Trinajstić information content (AvgIpc) is 2.91. The maximum atomic E-state index is 14.1. The molecule has 0 aliphatic carbocycles. The minimum atomic E-state index is -1.46. The molecule has 0 fully saturated rings. The second-order valence-electron chi connectivity index (χ2n) is 9.41. The van der Waals surface area contributed by atoms with Gasteiger partial charge in [0.25, 0.3) is 5.91 Å². The van der Waals surface area contributed by atoms with Crippen LogP contribution in [0.15, 0.2) is 60.8 Å². The van der Waals surface area contributed by atoms with Crippen molar-refractivity contribution in [2.24, 2.45) is 0 Å². The van der Waals surface area contributed by atoms with E-state index in [1.165, 1.54) is 0 Å². The molecule has 0 aliphatic rings. The molecule has 2 N–H and O–H groups in total. The number of carboxylic acids is 1. The van der Waals surface area contributed by atoms with E-state index in [2.05, 4.69) is 10.3 Å². The summed E-state index contributed by atoms with van der Waals surface area (Å²) < 4.78 is 39.8. The van der Waals surface area contributed by atoms with Gasteiger partial charge in [-0.3, -0.25) is 9.78 Å². The van der Waals surface area contributed by atoms with E-state index < -0.39 is 35.1 Å². The molecule has 40 heavy (non-hydrogen) atoms. The third kappa shape index (κ3) is 5.72. The predicted molar refractivity (Wildman–Crippen MR) is 147 cm³/mol. The number of fused-ring (bicyclic) bond motifs is 1. The van der Waals surface area contributed by atoms with Gasteiger partial charge < -0.3 is 24.8 Å². The Morgan fingerprint density at radius 2 is 1.65 bits per heavy atom. The Morgan fingerprint density at radius 1 is 0.950 bits per heavy atom. The molecule has 3 aromatic carbocycles. The highest BCUT2D eigenvalue weighted by Crippen LogP contribution is 2.43. The number of carbonyl (C=O) groups is 2. The molecule has 4 rings (SSSR count). The molecule has 1 amide bonds. The van der Waals surface area contributed by atoms with Crippen molar-refractivity contribution >= 4 is 22.6 Å². The Hall–Kier alpha value is -4.57. The van der Waals surface area contributed by atoms with Gasteiger partial charge in [0.1, 0.15) is 34.7 Å². The lowest BCUT2D eigenvalue weighted by atomic mass is 9.95. The standard InChI is InChI=1S/C30H29F2N3O5/c1-35(2)16-18-11-12-24(39-3)26(28(18)40-4)27-20-8-5-7-17(19(20)13-14-33-27)15-23(30(37)38)34-29(36)25-21(31)9-6-10-22(25)32/h5-14,23H,15-16H2,1-4H3,(H,34,36)(H,37,38)/t23-/m0/s1. The van der Waals surface area contributed by atoms with E-state index in [1.54, 1.807) is 38.6 Å². The monoisotopic (exact) mass is 549 g/mol. The summed E-state index contributed by atoms with van der Waals surface area (Å²) in [5, 5.41) is 13.5. The molecule has 0 saturated carbocycles. The fourth-order valence-electron chi connectivity index (χ4n) is 4.72. The van der Waals surface area contributed by atoms with Crippen LogP contribution in [0.1, 0.15) is 21.5 Å². The minimum absolute atomic E-state index is 0.146. The number of nitrogens with zero attached hydrogens (tertiary/aromatic N) is 2. The second kappa shape index (κ2) is 12.1. The molecule has 0 saturated heterocycles. The molecule has 1 atom stereocenters. The highest BCUT2D eigenvalue weighted by atomic mass is 19.1. The first-order valence-electron chi connectivity index (χ1n) is 12.4. The van der Waals surface area contributed by atoms with Crippen LogP contribution in [0.3, 0.4) is 0 Å². The normalized spacial score (nSPS) is 11.9. The smallest absolute Gasteiger partial charge is 0.326 e. The van der Waals surface area contributed by atoms with Crippen LogP contribution in [0.4, 0.5) is 8.78 Å². The predicted octanol–water partition coefficient (Wildman–Crippen LogP) is 4.68. The summed E-state index contributed by atoms with van der Waals surface area (Å²) in [4.78, 5) is 31.4. The number of methoxy groups -OCH3 is 2. The number of hydrogen-bond donors (Lipinski definition) is 2. The average molecular weight is 550 g/mol. The van der Waals surface area contributed by atoms with Crippen molar-refractivity contribution in [3.8, 4) is 22.8 Å². The van der Waals surface area contributed by atoms with Gasteiger partial charge in [0.2, 0.25) is 0 Å². The van der Waals surface area contributed by atoms with Crippen molar-refractivity contribution in [3.63, 3.8) is 0 Å². The van der Waals surface area contributed by atoms with Crippen LogP contribution in [0.2, 0.25) is 0 Å². The van der Waals surface area contributed by atoms with E-state index >= 15 is 0 Å². The number of carboxylic acid groups (broad SMARTS) is 1. The van der Waals surface area contributed by atoms with Crippen LogP contribution in [-0.2, 0) is 17.8 Å². The fourth-order valence-corrected chi connectivity index (χ4v) is 4.72. The SMILES string of the molecule is COc1ccc(CN(C)C)c(OC)c1-c1nccc2c(C[C@H](NC(=O)c3c(F)cccc3F)C(=O)O)cccc12. The highest BCUT2D eigenvalue weighted by Gasteiger charge is 2.26. The van der Waals surface area contributed by atoms with Crippen LogP contribution < -0.4 is 14.8 Å². The number of rotatable bonds is 10. The zero-order valence-corrected chi connectivity index (χ0v) is 22.5. The molecular weight excluding hydrogens is 520 g/mol. The Labute approximate surface area is 230 Å². The van der Waals surface area contributed by atoms with Crippen LogP contribution >= 0.6 is 0 Å². The van der Waals surface area contributed by atoms with E-state index in [0.29, 0.717) is 45.6 Å². The number of hydrogen-bond acceptors (Lipinski definition) is 6. The van der Waals surface area contributed by atoms with Crippen LogP contribution in [0, 0.1) is 11.6 Å². The fraction of sp³-hybridized carbons (Fsp3) is 0.233. The first-order valence-corrected chi connectivity index (χ1v) is 12.4. The number of halogens is 2. The molecule has 0 unspecified atom stereocenters. The molecule has 1 aromatic heterocycles. The van der Waals surface area contributed by atoms with Crippen molar-refractivity contribution in [2.75, 3.05) is 28.3 Å². The number of pyridine rings is 1. The lowest BCUT2D eigenvalue weighted by molar-refractivity contribution is -0.139. The van der Waals surface area contributed by atoms with Gasteiger partial charge in [-0.15, -0.1) is 0 Å². The van der Waals surface area contributed by atoms with Crippen molar-refractivity contribution in [2.45, 2.75) is 19.0 Å². The van der Waals surface area contributed by atoms with Gasteiger partial charge in [0.05, 0.1) is 25.5 Å². The maximum Gasteiger partial charge on any atom is 0.326 e. The highest BCUT2D eigenvalue weighted by molar-refractivity contribution is 6.00. The van der Waals surface area contributed by atoms with Crippen LogP contribution in [0.25, 0.3) is 22.0 Å². The number of amides is 1. The molecule has 1 heterocycles. The van der Waals surface area contributed by atoms with E-state index in [4.69, 9.17) is 9.47 Å². The van der Waals surface area contributed by atoms with Gasteiger partial charge in [-0.1, -0.05) is 30.3 Å². The second-order valence-corrected chi connectivity index (χ2v) is 9.41. The largest absolute Gasteiger partial charge is 0.496 e. The number of ether oxygens (including phenoxy) is 2. The Morgan fingerprint density at radius 3 is 2.27 bits per heavy atom. The van der Waals surface area contributed by atoms with Gasteiger partial charge in [-0.2, -0.15) is 0 Å². The third-order valence-electron chi connectivity index (χ3n) is 6.46. The van der Waals surface area contributed by atoms with Crippen molar-refractivity contribution in [3.05, 3.63) is 89.1 Å². The summed E-state index contributed by atoms with van der Waals surface area (Å²) in [5.74, 6) is -3.52. The molecule has 0 bridgehead atoms.